The second kappa shape index (κ2) is 5.59. The maximum absolute atomic E-state index is 13.3. The first-order chi connectivity index (χ1) is 9.78. The molecule has 0 saturated carbocycles. The third kappa shape index (κ3) is 2.51. The number of nitrogens with zero attached hydrogens (tertiary/aromatic N) is 2. The van der Waals surface area contributed by atoms with Gasteiger partial charge >= 0.3 is 0 Å². The summed E-state index contributed by atoms with van der Waals surface area (Å²) >= 11 is 3.46. The maximum atomic E-state index is 13.3. The average molecular weight is 331 g/mol. The predicted molar refractivity (Wildman–Crippen MR) is 81.6 cm³/mol. The Hall–Kier alpha value is -1.94. The van der Waals surface area contributed by atoms with Crippen molar-refractivity contribution in [1.82, 2.24) is 9.78 Å². The number of halogens is 2. The van der Waals surface area contributed by atoms with Crippen molar-refractivity contribution in [1.29, 1.82) is 0 Å². The second-order valence-corrected chi connectivity index (χ2v) is 4.97. The van der Waals surface area contributed by atoms with Crippen molar-refractivity contribution in [3.8, 4) is 16.8 Å². The lowest BCUT2D eigenvalue weighted by Gasteiger charge is -2.00. The third-order valence-electron chi connectivity index (χ3n) is 3.07. The van der Waals surface area contributed by atoms with Crippen molar-refractivity contribution in [2.24, 2.45) is 0 Å². The highest BCUT2D eigenvalue weighted by molar-refractivity contribution is 9.08. The third-order valence-corrected chi connectivity index (χ3v) is 3.61. The molecule has 0 aliphatic carbocycles. The molecule has 0 unspecified atom stereocenters. The van der Waals surface area contributed by atoms with E-state index in [1.165, 1.54) is 12.1 Å². The molecule has 2 nitrogen and oxygen atoms in total. The Balaban J connectivity index is 2.10. The molecule has 0 saturated heterocycles. The fourth-order valence-electron chi connectivity index (χ4n) is 2.12. The standard InChI is InChI=1S/C16H12BrFN2/c17-10-16-15(12-5-2-1-3-6-12)11-20(19-16)14-8-4-7-13(18)9-14/h1-9,11H,10H2. The van der Waals surface area contributed by atoms with Gasteiger partial charge in [0.05, 0.1) is 11.4 Å². The zero-order chi connectivity index (χ0) is 13.9. The van der Waals surface area contributed by atoms with E-state index in [9.17, 15) is 4.39 Å². The van der Waals surface area contributed by atoms with Crippen LogP contribution in [-0.2, 0) is 5.33 Å². The molecule has 0 amide bonds. The molecule has 0 radical (unpaired) electrons. The number of alkyl halides is 1. The van der Waals surface area contributed by atoms with E-state index in [1.54, 1.807) is 10.7 Å². The van der Waals surface area contributed by atoms with Gasteiger partial charge in [-0.05, 0) is 23.8 Å². The zero-order valence-electron chi connectivity index (χ0n) is 10.6. The highest BCUT2D eigenvalue weighted by Gasteiger charge is 2.11. The monoisotopic (exact) mass is 330 g/mol. The van der Waals surface area contributed by atoms with Gasteiger partial charge < -0.3 is 0 Å². The summed E-state index contributed by atoms with van der Waals surface area (Å²) < 4.78 is 15.0. The van der Waals surface area contributed by atoms with E-state index < -0.39 is 0 Å². The summed E-state index contributed by atoms with van der Waals surface area (Å²) in [5.41, 5.74) is 3.80. The molecule has 4 heteroatoms. The summed E-state index contributed by atoms with van der Waals surface area (Å²) in [7, 11) is 0. The van der Waals surface area contributed by atoms with Gasteiger partial charge in [0.2, 0.25) is 0 Å². The van der Waals surface area contributed by atoms with E-state index in [0.29, 0.717) is 5.33 Å². The smallest absolute Gasteiger partial charge is 0.125 e. The van der Waals surface area contributed by atoms with Gasteiger partial charge in [-0.15, -0.1) is 0 Å². The lowest BCUT2D eigenvalue weighted by atomic mass is 10.1. The number of hydrogen-bond acceptors (Lipinski definition) is 1. The minimum atomic E-state index is -0.264. The minimum absolute atomic E-state index is 0.264. The Morgan fingerprint density at radius 3 is 2.55 bits per heavy atom. The topological polar surface area (TPSA) is 17.8 Å². The van der Waals surface area contributed by atoms with Crippen LogP contribution in [0.2, 0.25) is 0 Å². The molecule has 0 N–H and O–H groups in total. The summed E-state index contributed by atoms with van der Waals surface area (Å²) in [5, 5.41) is 5.17. The summed E-state index contributed by atoms with van der Waals surface area (Å²) in [6.45, 7) is 0. The second-order valence-electron chi connectivity index (χ2n) is 4.41. The van der Waals surface area contributed by atoms with Crippen LogP contribution in [-0.4, -0.2) is 9.78 Å². The molecule has 3 aromatic rings. The molecule has 2 aromatic carbocycles. The maximum Gasteiger partial charge on any atom is 0.125 e. The molecule has 1 aromatic heterocycles. The lowest BCUT2D eigenvalue weighted by molar-refractivity contribution is 0.625. The van der Waals surface area contributed by atoms with Crippen LogP contribution < -0.4 is 0 Å². The summed E-state index contributed by atoms with van der Waals surface area (Å²) in [5.74, 6) is -0.264. The quantitative estimate of drug-likeness (QED) is 0.643. The first-order valence-corrected chi connectivity index (χ1v) is 7.36. The van der Waals surface area contributed by atoms with Gasteiger partial charge in [-0.25, -0.2) is 9.07 Å². The molecular weight excluding hydrogens is 319 g/mol. The van der Waals surface area contributed by atoms with Gasteiger partial charge in [-0.3, -0.25) is 0 Å². The Labute approximate surface area is 125 Å². The lowest BCUT2D eigenvalue weighted by Crippen LogP contribution is -1.95. The van der Waals surface area contributed by atoms with Crippen LogP contribution in [0.1, 0.15) is 5.69 Å². The van der Waals surface area contributed by atoms with Crippen LogP contribution in [0.3, 0.4) is 0 Å². The van der Waals surface area contributed by atoms with Crippen LogP contribution in [0.15, 0.2) is 60.8 Å². The molecule has 0 atom stereocenters. The largest absolute Gasteiger partial charge is 0.240 e. The van der Waals surface area contributed by atoms with E-state index in [-0.39, 0.29) is 5.82 Å². The SMILES string of the molecule is Fc1cccc(-n2cc(-c3ccccc3)c(CBr)n2)c1. The van der Waals surface area contributed by atoms with Crippen LogP contribution in [0.5, 0.6) is 0 Å². The van der Waals surface area contributed by atoms with E-state index in [2.05, 4.69) is 21.0 Å². The first-order valence-electron chi connectivity index (χ1n) is 6.24. The van der Waals surface area contributed by atoms with Crippen molar-refractivity contribution in [3.63, 3.8) is 0 Å². The predicted octanol–water partition coefficient (Wildman–Crippen LogP) is 4.57. The van der Waals surface area contributed by atoms with Crippen LogP contribution in [0.25, 0.3) is 16.8 Å². The van der Waals surface area contributed by atoms with Gasteiger partial charge in [-0.2, -0.15) is 5.10 Å². The van der Waals surface area contributed by atoms with Crippen molar-refractivity contribution in [2.75, 3.05) is 0 Å². The minimum Gasteiger partial charge on any atom is -0.240 e. The number of hydrogen-bond donors (Lipinski definition) is 0. The molecule has 20 heavy (non-hydrogen) atoms. The highest BCUT2D eigenvalue weighted by atomic mass is 79.9. The van der Waals surface area contributed by atoms with E-state index in [4.69, 9.17) is 0 Å². The fourth-order valence-corrected chi connectivity index (χ4v) is 2.53. The molecule has 0 aliphatic heterocycles. The zero-order valence-corrected chi connectivity index (χ0v) is 12.2. The highest BCUT2D eigenvalue weighted by Crippen LogP contribution is 2.26. The average Bonchev–Trinajstić information content (AvgIpc) is 2.92. The summed E-state index contributed by atoms with van der Waals surface area (Å²) in [6.07, 6.45) is 1.93. The normalized spacial score (nSPS) is 10.7. The van der Waals surface area contributed by atoms with Gasteiger partial charge in [-0.1, -0.05) is 52.3 Å². The molecular formula is C16H12BrFN2. The Bertz CT molecular complexity index is 722. The van der Waals surface area contributed by atoms with Crippen LogP contribution >= 0.6 is 15.9 Å². The van der Waals surface area contributed by atoms with Gasteiger partial charge in [0, 0.05) is 17.1 Å². The molecule has 0 fully saturated rings. The first kappa shape index (κ1) is 13.1. The molecule has 0 bridgehead atoms. The van der Waals surface area contributed by atoms with E-state index in [0.717, 1.165) is 22.5 Å². The molecule has 100 valence electrons. The fraction of sp³-hybridized carbons (Fsp3) is 0.0625. The van der Waals surface area contributed by atoms with Gasteiger partial charge in [0.15, 0.2) is 0 Å². The Morgan fingerprint density at radius 2 is 1.85 bits per heavy atom. The number of aromatic nitrogens is 2. The molecule has 1 heterocycles. The van der Waals surface area contributed by atoms with Crippen LogP contribution in [0.4, 0.5) is 4.39 Å². The van der Waals surface area contributed by atoms with Crippen molar-refractivity contribution in [3.05, 3.63) is 72.3 Å². The Morgan fingerprint density at radius 1 is 1.05 bits per heavy atom. The van der Waals surface area contributed by atoms with Gasteiger partial charge in [0.25, 0.3) is 0 Å². The van der Waals surface area contributed by atoms with Crippen molar-refractivity contribution in [2.45, 2.75) is 5.33 Å². The number of benzene rings is 2. The van der Waals surface area contributed by atoms with Crippen molar-refractivity contribution >= 4 is 15.9 Å². The summed E-state index contributed by atoms with van der Waals surface area (Å²) in [4.78, 5) is 0. The number of rotatable bonds is 3. The van der Waals surface area contributed by atoms with Crippen molar-refractivity contribution < 1.29 is 4.39 Å². The van der Waals surface area contributed by atoms with Crippen LogP contribution in [0, 0.1) is 5.82 Å². The molecule has 0 aliphatic rings. The molecule has 0 spiro atoms. The van der Waals surface area contributed by atoms with Gasteiger partial charge in [0.1, 0.15) is 5.82 Å². The summed E-state index contributed by atoms with van der Waals surface area (Å²) in [6, 6.07) is 16.5. The van der Waals surface area contributed by atoms with E-state index in [1.807, 2.05) is 42.6 Å². The Kier molecular flexibility index (Phi) is 3.65. The van der Waals surface area contributed by atoms with E-state index >= 15 is 0 Å². The molecule has 3 rings (SSSR count).